The molecule has 3 N–H and O–H groups in total. The van der Waals surface area contributed by atoms with Gasteiger partial charge in [-0.2, -0.15) is 0 Å². The number of hydrogen-bond acceptors (Lipinski definition) is 10. The monoisotopic (exact) mass is 817 g/mol. The molecule has 1 aromatic heterocycles. The van der Waals surface area contributed by atoms with Crippen molar-refractivity contribution in [2.24, 2.45) is 17.8 Å². The number of rotatable bonds is 9. The van der Waals surface area contributed by atoms with Crippen molar-refractivity contribution >= 4 is 44.7 Å². The molecule has 2 bridgehead atoms. The Bertz CT molecular complexity index is 2080. The molecule has 2 aliphatic heterocycles. The smallest absolute Gasteiger partial charge is 0.408 e. The number of carbonyl (C=O) groups excluding carboxylic acids is 4. The fourth-order valence-electron chi connectivity index (χ4n) is 9.60. The summed E-state index contributed by atoms with van der Waals surface area (Å²) >= 11 is 0. The first-order valence-corrected chi connectivity index (χ1v) is 22.7. The number of amides is 4. The van der Waals surface area contributed by atoms with Crippen LogP contribution in [0.5, 0.6) is 11.6 Å². The van der Waals surface area contributed by atoms with Gasteiger partial charge >= 0.3 is 6.09 Å². The lowest BCUT2D eigenvalue weighted by Crippen LogP contribution is -2.59. The van der Waals surface area contributed by atoms with E-state index in [4.69, 9.17) is 19.2 Å². The van der Waals surface area contributed by atoms with E-state index in [1.165, 1.54) is 11.0 Å². The first kappa shape index (κ1) is 40.1. The van der Waals surface area contributed by atoms with Crippen LogP contribution in [-0.4, -0.2) is 90.3 Å². The summed E-state index contributed by atoms with van der Waals surface area (Å²) in [6.07, 6.45) is 13.3. The van der Waals surface area contributed by atoms with Crippen LogP contribution in [0.1, 0.15) is 96.0 Å². The maximum Gasteiger partial charge on any atom is 0.408 e. The number of nitrogens with zero attached hydrogens (tertiary/aromatic N) is 2. The van der Waals surface area contributed by atoms with Crippen molar-refractivity contribution in [3.8, 4) is 11.6 Å². The van der Waals surface area contributed by atoms with Gasteiger partial charge in [-0.25, -0.2) is 18.2 Å². The van der Waals surface area contributed by atoms with E-state index in [1.807, 2.05) is 31.2 Å². The van der Waals surface area contributed by atoms with Crippen molar-refractivity contribution in [2.45, 2.75) is 132 Å². The molecule has 4 amide bonds. The highest BCUT2D eigenvalue weighted by Gasteiger charge is 2.62. The van der Waals surface area contributed by atoms with Crippen molar-refractivity contribution in [3.63, 3.8) is 0 Å². The van der Waals surface area contributed by atoms with Crippen LogP contribution in [0.3, 0.4) is 0 Å². The number of benzene rings is 1. The average molecular weight is 818 g/mol. The Hall–Kier alpha value is -4.66. The van der Waals surface area contributed by atoms with Crippen LogP contribution in [0.2, 0.25) is 0 Å². The summed E-state index contributed by atoms with van der Waals surface area (Å²) in [5, 5.41) is 6.03. The molecule has 15 heteroatoms. The molecule has 8 rings (SSSR count). The molecule has 7 atom stereocenters. The minimum absolute atomic E-state index is 0.00450. The predicted molar refractivity (Wildman–Crippen MR) is 215 cm³/mol. The molecule has 6 aliphatic rings. The van der Waals surface area contributed by atoms with Crippen molar-refractivity contribution in [2.75, 3.05) is 13.2 Å². The van der Waals surface area contributed by atoms with Gasteiger partial charge in [-0.1, -0.05) is 43.2 Å². The van der Waals surface area contributed by atoms with Gasteiger partial charge in [0.25, 0.3) is 5.91 Å². The number of allylic oxidation sites excluding steroid dienone is 2. The molecule has 0 spiro atoms. The SMILES string of the molecule is C=C[C@@H]1C[C@]1(NC(=O)[C@@H]1C[C@@H]2CN1C(=O)[C@H](C1CCCC1)NC(=O)O[C@@H]1CCC[C@H]1CCC=CCc1c(nc3ccccc3c1OCC)O2)C(=O)NS(=O)(=O)C1CC1. The van der Waals surface area contributed by atoms with E-state index in [0.717, 1.165) is 68.7 Å². The Balaban J connectivity index is 1.16. The first-order valence-electron chi connectivity index (χ1n) is 21.2. The molecule has 4 saturated carbocycles. The molecule has 4 aliphatic carbocycles. The van der Waals surface area contributed by atoms with Crippen LogP contribution in [0.4, 0.5) is 4.79 Å². The van der Waals surface area contributed by atoms with Gasteiger partial charge in [0.05, 0.1) is 29.5 Å². The molecular weight excluding hydrogens is 763 g/mol. The van der Waals surface area contributed by atoms with E-state index >= 15 is 0 Å². The lowest BCUT2D eigenvalue weighted by molar-refractivity contribution is -0.142. The summed E-state index contributed by atoms with van der Waals surface area (Å²) in [7, 11) is -3.90. The number of aromatic nitrogens is 1. The second-order valence-electron chi connectivity index (χ2n) is 16.9. The lowest BCUT2D eigenvalue weighted by atomic mass is 9.96. The Morgan fingerprint density at radius 1 is 1.03 bits per heavy atom. The zero-order valence-electron chi connectivity index (χ0n) is 33.2. The molecular formula is C43H55N5O9S. The summed E-state index contributed by atoms with van der Waals surface area (Å²) in [5.41, 5.74) is -0.121. The third-order valence-corrected chi connectivity index (χ3v) is 14.8. The molecule has 58 heavy (non-hydrogen) atoms. The number of alkyl carbamates (subject to hydrolysis) is 1. The second-order valence-corrected chi connectivity index (χ2v) is 18.9. The summed E-state index contributed by atoms with van der Waals surface area (Å²) < 4.78 is 46.9. The van der Waals surface area contributed by atoms with Crippen LogP contribution in [0.15, 0.2) is 49.1 Å². The average Bonchev–Trinajstić information content (AvgIpc) is 3.99. The zero-order valence-corrected chi connectivity index (χ0v) is 34.0. The molecule has 0 unspecified atom stereocenters. The molecule has 14 nitrogen and oxygen atoms in total. The van der Waals surface area contributed by atoms with Crippen LogP contribution in [0.25, 0.3) is 10.9 Å². The number of fused-ring (bicyclic) bond motifs is 5. The summed E-state index contributed by atoms with van der Waals surface area (Å²) in [4.78, 5) is 63.2. The minimum Gasteiger partial charge on any atom is -0.493 e. The first-order chi connectivity index (χ1) is 28.0. The molecule has 2 aromatic rings. The second kappa shape index (κ2) is 16.5. The van der Waals surface area contributed by atoms with Gasteiger partial charge in [-0.3, -0.25) is 19.1 Å². The lowest BCUT2D eigenvalue weighted by Gasteiger charge is -2.32. The number of pyridine rings is 1. The quantitative estimate of drug-likeness (QED) is 0.292. The van der Waals surface area contributed by atoms with E-state index in [0.29, 0.717) is 43.0 Å². The largest absolute Gasteiger partial charge is 0.493 e. The number of ether oxygens (including phenoxy) is 3. The molecule has 1 saturated heterocycles. The minimum atomic E-state index is -3.90. The fourth-order valence-corrected chi connectivity index (χ4v) is 11.0. The Morgan fingerprint density at radius 2 is 1.81 bits per heavy atom. The Labute approximate surface area is 339 Å². The standard InChI is InChI=1S/C43H55N5O9S/c1-3-28-24-43(28,41(51)47-58(53,54)30-21-22-30)46-38(49)34-23-29-25-48(34)40(50)36(27-14-8-9-15-27)45-42(52)57-35-20-12-16-26(35)13-6-5-7-18-32-37(55-4-2)31-17-10-11-19-33(31)44-39(32)56-29/h3,5,7,10-11,17,19,26-30,34-36H,1,4,6,8-9,12-16,18,20-25H2,2H3,(H,45,52)(H,46,49)(H,47,51)/t26-,28-,29-,34+,35-,36+,43-/m1/s1. The zero-order chi connectivity index (χ0) is 40.6. The normalized spacial score (nSPS) is 30.5. The summed E-state index contributed by atoms with van der Waals surface area (Å²) in [6.45, 7) is 6.16. The number of para-hydroxylation sites is 1. The van der Waals surface area contributed by atoms with Crippen LogP contribution >= 0.6 is 0 Å². The maximum atomic E-state index is 14.9. The van der Waals surface area contributed by atoms with Crippen LogP contribution in [0, 0.1) is 17.8 Å². The van der Waals surface area contributed by atoms with Gasteiger partial charge in [0.2, 0.25) is 27.7 Å². The van der Waals surface area contributed by atoms with Gasteiger partial charge < -0.3 is 29.7 Å². The highest BCUT2D eigenvalue weighted by molar-refractivity contribution is 7.91. The van der Waals surface area contributed by atoms with Crippen LogP contribution in [-0.2, 0) is 35.6 Å². The van der Waals surface area contributed by atoms with Gasteiger partial charge in [0.1, 0.15) is 35.6 Å². The highest BCUT2D eigenvalue weighted by atomic mass is 32.2. The molecule has 312 valence electrons. The van der Waals surface area contributed by atoms with E-state index in [9.17, 15) is 27.6 Å². The van der Waals surface area contributed by atoms with Gasteiger partial charge in [0.15, 0.2) is 0 Å². The van der Waals surface area contributed by atoms with Gasteiger partial charge in [-0.15, -0.1) is 6.58 Å². The Morgan fingerprint density at radius 3 is 2.55 bits per heavy atom. The van der Waals surface area contributed by atoms with E-state index in [1.54, 1.807) is 0 Å². The van der Waals surface area contributed by atoms with E-state index < -0.39 is 68.7 Å². The van der Waals surface area contributed by atoms with E-state index in [2.05, 4.69) is 34.1 Å². The number of carbonyl (C=O) groups is 4. The topological polar surface area (TPSA) is 182 Å². The molecule has 1 aromatic carbocycles. The van der Waals surface area contributed by atoms with Crippen molar-refractivity contribution in [3.05, 3.63) is 54.6 Å². The third kappa shape index (κ3) is 8.15. The van der Waals surface area contributed by atoms with E-state index in [-0.39, 0.29) is 37.3 Å². The van der Waals surface area contributed by atoms with Crippen molar-refractivity contribution in [1.82, 2.24) is 25.2 Å². The van der Waals surface area contributed by atoms with Gasteiger partial charge in [0, 0.05) is 17.7 Å². The molecule has 5 fully saturated rings. The highest BCUT2D eigenvalue weighted by Crippen LogP contribution is 2.46. The van der Waals surface area contributed by atoms with Crippen molar-refractivity contribution < 1.29 is 41.8 Å². The third-order valence-electron chi connectivity index (χ3n) is 13.0. The number of sulfonamides is 1. The predicted octanol–water partition coefficient (Wildman–Crippen LogP) is 5.00. The van der Waals surface area contributed by atoms with Gasteiger partial charge in [-0.05, 0) is 102 Å². The summed E-state index contributed by atoms with van der Waals surface area (Å²) in [6, 6.07) is 5.61. The fraction of sp³-hybridized carbons (Fsp3) is 0.605. The van der Waals surface area contributed by atoms with Crippen molar-refractivity contribution in [1.29, 1.82) is 0 Å². The molecule has 3 heterocycles. The molecule has 0 radical (unpaired) electrons. The maximum absolute atomic E-state index is 14.9. The number of nitrogens with one attached hydrogen (secondary N) is 3. The summed E-state index contributed by atoms with van der Waals surface area (Å²) in [5.74, 6) is -1.37. The Kier molecular flexibility index (Phi) is 11.4. The van der Waals surface area contributed by atoms with Crippen LogP contribution < -0.4 is 24.8 Å². The number of hydrogen-bond donors (Lipinski definition) is 3.